The van der Waals surface area contributed by atoms with E-state index in [4.69, 9.17) is 14.2 Å². The van der Waals surface area contributed by atoms with Gasteiger partial charge in [0, 0.05) is 19.3 Å². The van der Waals surface area contributed by atoms with Gasteiger partial charge in [0.25, 0.3) is 0 Å². The lowest BCUT2D eigenvalue weighted by Crippen LogP contribution is -2.48. The zero-order valence-corrected chi connectivity index (χ0v) is 18.9. The maximum atomic E-state index is 10.3. The predicted molar refractivity (Wildman–Crippen MR) is 121 cm³/mol. The summed E-state index contributed by atoms with van der Waals surface area (Å²) in [6, 6.07) is 12.0. The predicted octanol–water partition coefficient (Wildman–Crippen LogP) is 2.80. The third-order valence-corrected chi connectivity index (χ3v) is 6.27. The molecule has 2 heterocycles. The summed E-state index contributed by atoms with van der Waals surface area (Å²) < 4.78 is 17.7. The van der Waals surface area contributed by atoms with Crippen molar-refractivity contribution in [1.29, 1.82) is 0 Å². The third-order valence-electron chi connectivity index (χ3n) is 6.27. The van der Waals surface area contributed by atoms with Gasteiger partial charge in [0.2, 0.25) is 0 Å². The highest BCUT2D eigenvalue weighted by Crippen LogP contribution is 2.39. The van der Waals surface area contributed by atoms with Gasteiger partial charge in [0.15, 0.2) is 0 Å². The highest BCUT2D eigenvalue weighted by molar-refractivity contribution is 5.60. The standard InChI is InChI=1S/C25H33NO6/c1-24(2)13-26-20-9-16(4-6-22(20)31-24)8-18-10-17(5-7-21(18)30-3)23-11-19(29)12-25(14-27,15-28)32-23/h4-7,9-10,19,23,26-29H,8,11-15H2,1-3H3/t19-,23-/m1/s1. The zero-order chi connectivity index (χ0) is 22.9. The Morgan fingerprint density at radius 2 is 1.91 bits per heavy atom. The quantitative estimate of drug-likeness (QED) is 0.545. The second kappa shape index (κ2) is 8.90. The smallest absolute Gasteiger partial charge is 0.143 e. The van der Waals surface area contributed by atoms with Crippen molar-refractivity contribution in [3.8, 4) is 11.5 Å². The Morgan fingerprint density at radius 3 is 2.62 bits per heavy atom. The van der Waals surface area contributed by atoms with Gasteiger partial charge in [-0.3, -0.25) is 0 Å². The first-order valence-corrected chi connectivity index (χ1v) is 11.1. The molecule has 2 aromatic carbocycles. The topological polar surface area (TPSA) is 100 Å². The van der Waals surface area contributed by atoms with Crippen LogP contribution in [0.4, 0.5) is 5.69 Å². The van der Waals surface area contributed by atoms with Gasteiger partial charge in [-0.1, -0.05) is 12.1 Å². The van der Waals surface area contributed by atoms with Crippen molar-refractivity contribution in [1.82, 2.24) is 0 Å². The molecule has 2 aromatic rings. The van der Waals surface area contributed by atoms with Crippen LogP contribution in [0.25, 0.3) is 0 Å². The molecule has 0 aromatic heterocycles. The summed E-state index contributed by atoms with van der Waals surface area (Å²) in [5, 5.41) is 33.3. The van der Waals surface area contributed by atoms with Gasteiger partial charge in [0.05, 0.1) is 44.8 Å². The summed E-state index contributed by atoms with van der Waals surface area (Å²) in [5.74, 6) is 1.61. The Morgan fingerprint density at radius 1 is 1.12 bits per heavy atom. The third kappa shape index (κ3) is 4.71. The lowest BCUT2D eigenvalue weighted by molar-refractivity contribution is -0.198. The average molecular weight is 444 g/mol. The summed E-state index contributed by atoms with van der Waals surface area (Å²) in [6.45, 7) is 4.16. The molecule has 0 aliphatic carbocycles. The van der Waals surface area contributed by atoms with Crippen molar-refractivity contribution in [2.24, 2.45) is 0 Å². The van der Waals surface area contributed by atoms with Crippen LogP contribution in [0.1, 0.15) is 49.5 Å². The number of aliphatic hydroxyl groups is 3. The lowest BCUT2D eigenvalue weighted by Gasteiger charge is -2.41. The Labute approximate surface area is 188 Å². The Kier molecular flexibility index (Phi) is 6.36. The fourth-order valence-electron chi connectivity index (χ4n) is 4.53. The summed E-state index contributed by atoms with van der Waals surface area (Å²) in [5.41, 5.74) is 2.58. The first-order valence-electron chi connectivity index (χ1n) is 11.1. The van der Waals surface area contributed by atoms with E-state index in [-0.39, 0.29) is 25.2 Å². The minimum absolute atomic E-state index is 0.209. The maximum absolute atomic E-state index is 10.3. The molecule has 174 valence electrons. The van der Waals surface area contributed by atoms with Crippen molar-refractivity contribution in [2.75, 3.05) is 32.2 Å². The first kappa shape index (κ1) is 22.9. The van der Waals surface area contributed by atoms with Crippen LogP contribution in [-0.2, 0) is 11.2 Å². The summed E-state index contributed by atoms with van der Waals surface area (Å²) in [6.07, 6.45) is 0.179. The first-order chi connectivity index (χ1) is 15.3. The van der Waals surface area contributed by atoms with E-state index >= 15 is 0 Å². The van der Waals surface area contributed by atoms with Gasteiger partial charge in [-0.15, -0.1) is 0 Å². The molecule has 0 amide bonds. The van der Waals surface area contributed by atoms with Gasteiger partial charge in [-0.2, -0.15) is 0 Å². The molecule has 1 saturated heterocycles. The molecule has 7 nitrogen and oxygen atoms in total. The molecular weight excluding hydrogens is 410 g/mol. The number of methoxy groups -OCH3 is 1. The van der Waals surface area contributed by atoms with E-state index in [0.29, 0.717) is 12.8 Å². The highest BCUT2D eigenvalue weighted by Gasteiger charge is 2.41. The van der Waals surface area contributed by atoms with Gasteiger partial charge in [-0.05, 0) is 54.8 Å². The number of fused-ring (bicyclic) bond motifs is 1. The van der Waals surface area contributed by atoms with E-state index in [1.807, 2.05) is 24.3 Å². The molecule has 2 atom stereocenters. The van der Waals surface area contributed by atoms with Crippen molar-refractivity contribution in [3.63, 3.8) is 0 Å². The normalized spacial score (nSPS) is 23.6. The van der Waals surface area contributed by atoms with Crippen LogP contribution in [0.5, 0.6) is 11.5 Å². The van der Waals surface area contributed by atoms with E-state index in [1.54, 1.807) is 7.11 Å². The summed E-state index contributed by atoms with van der Waals surface area (Å²) in [7, 11) is 1.65. The number of rotatable bonds is 6. The van der Waals surface area contributed by atoms with Crippen molar-refractivity contribution >= 4 is 5.69 Å². The fraction of sp³-hybridized carbons (Fsp3) is 0.520. The minimum atomic E-state index is -1.14. The van der Waals surface area contributed by atoms with Crippen molar-refractivity contribution < 1.29 is 29.5 Å². The Hall–Kier alpha value is -2.32. The molecule has 32 heavy (non-hydrogen) atoms. The number of anilines is 1. The van der Waals surface area contributed by atoms with Crippen LogP contribution >= 0.6 is 0 Å². The molecule has 0 unspecified atom stereocenters. The maximum Gasteiger partial charge on any atom is 0.143 e. The van der Waals surface area contributed by atoms with Crippen LogP contribution in [0.3, 0.4) is 0 Å². The van der Waals surface area contributed by atoms with E-state index in [0.717, 1.165) is 40.4 Å². The van der Waals surface area contributed by atoms with Crippen LogP contribution < -0.4 is 14.8 Å². The molecule has 0 bridgehead atoms. The highest BCUT2D eigenvalue weighted by atomic mass is 16.5. The largest absolute Gasteiger partial charge is 0.496 e. The summed E-state index contributed by atoms with van der Waals surface area (Å²) >= 11 is 0. The molecule has 2 aliphatic rings. The molecule has 2 aliphatic heterocycles. The average Bonchev–Trinajstić information content (AvgIpc) is 2.78. The van der Waals surface area contributed by atoms with Gasteiger partial charge in [-0.25, -0.2) is 0 Å². The van der Waals surface area contributed by atoms with Crippen LogP contribution in [0.15, 0.2) is 36.4 Å². The number of hydrogen-bond donors (Lipinski definition) is 4. The Bertz CT molecular complexity index is 955. The molecule has 1 fully saturated rings. The van der Waals surface area contributed by atoms with Crippen molar-refractivity contribution in [2.45, 2.75) is 56.5 Å². The van der Waals surface area contributed by atoms with E-state index in [2.05, 4.69) is 31.3 Å². The molecule has 4 N–H and O–H groups in total. The van der Waals surface area contributed by atoms with Gasteiger partial charge < -0.3 is 34.8 Å². The molecule has 0 radical (unpaired) electrons. The van der Waals surface area contributed by atoms with E-state index < -0.39 is 17.8 Å². The van der Waals surface area contributed by atoms with Crippen LogP contribution in [0.2, 0.25) is 0 Å². The molecular formula is C25H33NO6. The fourth-order valence-corrected chi connectivity index (χ4v) is 4.53. The van der Waals surface area contributed by atoms with E-state index in [1.165, 1.54) is 0 Å². The van der Waals surface area contributed by atoms with Gasteiger partial charge in [0.1, 0.15) is 22.7 Å². The van der Waals surface area contributed by atoms with E-state index in [9.17, 15) is 15.3 Å². The number of nitrogens with one attached hydrogen (secondary N) is 1. The van der Waals surface area contributed by atoms with Crippen LogP contribution in [0, 0.1) is 0 Å². The monoisotopic (exact) mass is 443 g/mol. The summed E-state index contributed by atoms with van der Waals surface area (Å²) in [4.78, 5) is 0. The molecule has 0 spiro atoms. The zero-order valence-electron chi connectivity index (χ0n) is 18.9. The second-order valence-electron chi connectivity index (χ2n) is 9.49. The molecule has 0 saturated carbocycles. The lowest BCUT2D eigenvalue weighted by atomic mass is 9.87. The Balaban J connectivity index is 1.59. The van der Waals surface area contributed by atoms with Crippen molar-refractivity contribution in [3.05, 3.63) is 53.1 Å². The van der Waals surface area contributed by atoms with Crippen LogP contribution in [-0.4, -0.2) is 59.5 Å². The van der Waals surface area contributed by atoms with Gasteiger partial charge >= 0.3 is 0 Å². The number of benzene rings is 2. The molecule has 4 rings (SSSR count). The number of ether oxygens (including phenoxy) is 3. The molecule has 7 heteroatoms. The minimum Gasteiger partial charge on any atom is -0.496 e. The second-order valence-corrected chi connectivity index (χ2v) is 9.49. The SMILES string of the molecule is COc1ccc([C@H]2C[C@@H](O)CC(CO)(CO)O2)cc1Cc1ccc2c(c1)NCC(C)(C)O2. The number of aliphatic hydroxyl groups excluding tert-OH is 3. The number of hydrogen-bond acceptors (Lipinski definition) is 7.